The number of hydrazone groups is 1. The van der Waals surface area contributed by atoms with Crippen LogP contribution in [0.4, 0.5) is 20.3 Å². The standard InChI is InChI=1S/C19H16F2N6O/c1-26-25-24-19(27(26)16-4-2-3-15(20)17(16)21)14-9-12(10-23-18(14)22)11-5-7-13(28)8-6-11/h2-10,25,28H,1H3,(H2,22,23). The van der Waals surface area contributed by atoms with Crippen LogP contribution in [0.2, 0.25) is 0 Å². The molecule has 2 aromatic carbocycles. The van der Waals surface area contributed by atoms with Gasteiger partial charge in [-0.05, 0) is 35.9 Å². The van der Waals surface area contributed by atoms with E-state index >= 15 is 0 Å². The molecule has 7 nitrogen and oxygen atoms in total. The van der Waals surface area contributed by atoms with Crippen molar-refractivity contribution in [3.05, 3.63) is 71.9 Å². The molecule has 0 saturated heterocycles. The van der Waals surface area contributed by atoms with Crippen LogP contribution in [-0.2, 0) is 0 Å². The van der Waals surface area contributed by atoms with Crippen LogP contribution in [-0.4, -0.2) is 28.1 Å². The number of hydrogen-bond acceptors (Lipinski definition) is 7. The van der Waals surface area contributed by atoms with Crippen molar-refractivity contribution in [3.63, 3.8) is 0 Å². The van der Waals surface area contributed by atoms with E-state index in [0.717, 1.165) is 17.2 Å². The number of hydrogen-bond donors (Lipinski definition) is 3. The molecule has 0 amide bonds. The van der Waals surface area contributed by atoms with E-state index in [9.17, 15) is 13.9 Å². The Morgan fingerprint density at radius 2 is 1.82 bits per heavy atom. The molecule has 9 heteroatoms. The lowest BCUT2D eigenvalue weighted by atomic mass is 10.0. The van der Waals surface area contributed by atoms with Gasteiger partial charge in [0.2, 0.25) is 0 Å². The molecular formula is C19H16F2N6O. The highest BCUT2D eigenvalue weighted by Gasteiger charge is 2.30. The first-order valence-corrected chi connectivity index (χ1v) is 8.32. The Morgan fingerprint density at radius 3 is 2.57 bits per heavy atom. The number of nitrogens with two attached hydrogens (primary N) is 1. The third kappa shape index (κ3) is 2.97. The number of benzene rings is 2. The average molecular weight is 382 g/mol. The van der Waals surface area contributed by atoms with Crippen LogP contribution in [0.25, 0.3) is 11.1 Å². The predicted octanol–water partition coefficient (Wildman–Crippen LogP) is 2.85. The number of aromatic hydroxyl groups is 1. The molecule has 28 heavy (non-hydrogen) atoms. The third-order valence-electron chi connectivity index (χ3n) is 4.32. The van der Waals surface area contributed by atoms with Gasteiger partial charge in [-0.25, -0.2) is 24.3 Å². The van der Waals surface area contributed by atoms with E-state index in [1.807, 2.05) is 0 Å². The van der Waals surface area contributed by atoms with Crippen LogP contribution in [0.15, 0.2) is 59.8 Å². The molecular weight excluding hydrogens is 366 g/mol. The molecule has 4 rings (SSSR count). The Labute approximate surface area is 159 Å². The number of nitrogens with zero attached hydrogens (tertiary/aromatic N) is 4. The Hall–Kier alpha value is -3.72. The fourth-order valence-electron chi connectivity index (χ4n) is 2.93. The molecule has 0 atom stereocenters. The second-order valence-electron chi connectivity index (χ2n) is 6.15. The first-order valence-electron chi connectivity index (χ1n) is 8.32. The fourth-order valence-corrected chi connectivity index (χ4v) is 2.93. The van der Waals surface area contributed by atoms with E-state index in [0.29, 0.717) is 5.56 Å². The largest absolute Gasteiger partial charge is 0.508 e. The summed E-state index contributed by atoms with van der Waals surface area (Å²) in [5.41, 5.74) is 10.7. The molecule has 1 aromatic heterocycles. The summed E-state index contributed by atoms with van der Waals surface area (Å²) in [6.07, 6.45) is 1.59. The fraction of sp³-hybridized carbons (Fsp3) is 0.0526. The average Bonchev–Trinajstić information content (AvgIpc) is 3.06. The molecule has 0 saturated carbocycles. The number of phenols is 1. The smallest absolute Gasteiger partial charge is 0.184 e. The van der Waals surface area contributed by atoms with Gasteiger partial charge in [0, 0.05) is 18.8 Å². The molecule has 0 aliphatic carbocycles. The molecule has 4 N–H and O–H groups in total. The Morgan fingerprint density at radius 1 is 1.07 bits per heavy atom. The predicted molar refractivity (Wildman–Crippen MR) is 102 cm³/mol. The van der Waals surface area contributed by atoms with Crippen molar-refractivity contribution in [3.8, 4) is 16.9 Å². The van der Waals surface area contributed by atoms with Gasteiger partial charge in [-0.15, -0.1) is 10.2 Å². The lowest BCUT2D eigenvalue weighted by Crippen LogP contribution is -2.44. The van der Waals surface area contributed by atoms with Crippen LogP contribution in [0, 0.1) is 11.6 Å². The second-order valence-corrected chi connectivity index (χ2v) is 6.15. The van der Waals surface area contributed by atoms with Crippen LogP contribution >= 0.6 is 0 Å². The molecule has 0 spiro atoms. The lowest BCUT2D eigenvalue weighted by molar-refractivity contribution is 0.275. The number of amidine groups is 1. The third-order valence-corrected chi connectivity index (χ3v) is 4.32. The maximum atomic E-state index is 14.4. The highest BCUT2D eigenvalue weighted by Crippen LogP contribution is 2.30. The van der Waals surface area contributed by atoms with Gasteiger partial charge < -0.3 is 10.8 Å². The molecule has 2 heterocycles. The topological polar surface area (TPSA) is 90.0 Å². The minimum Gasteiger partial charge on any atom is -0.508 e. The molecule has 0 fully saturated rings. The molecule has 0 radical (unpaired) electrons. The summed E-state index contributed by atoms with van der Waals surface area (Å²) in [4.78, 5) is 4.21. The van der Waals surface area contributed by atoms with Crippen LogP contribution < -0.4 is 16.3 Å². The summed E-state index contributed by atoms with van der Waals surface area (Å²) in [6.45, 7) is 0. The van der Waals surface area contributed by atoms with Crippen LogP contribution in [0.5, 0.6) is 5.75 Å². The number of anilines is 2. The van der Waals surface area contributed by atoms with E-state index in [1.54, 1.807) is 43.6 Å². The van der Waals surface area contributed by atoms with Gasteiger partial charge in [0.1, 0.15) is 17.3 Å². The number of rotatable bonds is 3. The van der Waals surface area contributed by atoms with Crippen molar-refractivity contribution >= 4 is 17.3 Å². The normalized spacial score (nSPS) is 14.1. The number of nitrogen functional groups attached to an aromatic ring is 1. The van der Waals surface area contributed by atoms with Crippen molar-refractivity contribution in [1.29, 1.82) is 0 Å². The summed E-state index contributed by atoms with van der Waals surface area (Å²) in [5, 5.41) is 16.4. The number of aromatic nitrogens is 1. The molecule has 142 valence electrons. The van der Waals surface area contributed by atoms with Gasteiger partial charge in [-0.2, -0.15) is 0 Å². The van der Waals surface area contributed by atoms with Crippen molar-refractivity contribution in [2.24, 2.45) is 5.10 Å². The Balaban J connectivity index is 1.80. The quantitative estimate of drug-likeness (QED) is 0.645. The number of pyridine rings is 1. The number of phenolic OH excluding ortho intramolecular Hbond substituents is 1. The van der Waals surface area contributed by atoms with Crippen LogP contribution in [0.1, 0.15) is 5.56 Å². The number of nitrogens with one attached hydrogen (secondary N) is 1. The minimum absolute atomic E-state index is 0.0271. The monoisotopic (exact) mass is 382 g/mol. The van der Waals surface area contributed by atoms with Crippen LogP contribution in [0.3, 0.4) is 0 Å². The Bertz CT molecular complexity index is 1070. The summed E-state index contributed by atoms with van der Waals surface area (Å²) >= 11 is 0. The van der Waals surface area contributed by atoms with E-state index < -0.39 is 11.6 Å². The lowest BCUT2D eigenvalue weighted by Gasteiger charge is -2.26. The Kier molecular flexibility index (Phi) is 4.28. The zero-order valence-corrected chi connectivity index (χ0v) is 14.8. The van der Waals surface area contributed by atoms with Gasteiger partial charge in [0.15, 0.2) is 17.5 Å². The molecule has 1 aliphatic rings. The van der Waals surface area contributed by atoms with Crippen molar-refractivity contribution in [1.82, 2.24) is 15.6 Å². The number of hydrazine groups is 2. The van der Waals surface area contributed by atoms with Crippen molar-refractivity contribution in [2.45, 2.75) is 0 Å². The first-order chi connectivity index (χ1) is 13.5. The highest BCUT2D eigenvalue weighted by atomic mass is 19.2. The molecule has 0 unspecified atom stereocenters. The summed E-state index contributed by atoms with van der Waals surface area (Å²) in [5.74, 6) is -1.39. The molecule has 3 aromatic rings. The van der Waals surface area contributed by atoms with E-state index in [2.05, 4.69) is 15.6 Å². The van der Waals surface area contributed by atoms with E-state index in [-0.39, 0.29) is 23.1 Å². The SMILES string of the molecule is CN1NN=C(c2cc(-c3ccc(O)cc3)cnc2N)N1c1cccc(F)c1F. The second kappa shape index (κ2) is 6.78. The maximum Gasteiger partial charge on any atom is 0.184 e. The van der Waals surface area contributed by atoms with Gasteiger partial charge in [0.25, 0.3) is 0 Å². The van der Waals surface area contributed by atoms with Gasteiger partial charge in [0.05, 0.1) is 5.56 Å². The van der Waals surface area contributed by atoms with Crippen molar-refractivity contribution < 1.29 is 13.9 Å². The van der Waals surface area contributed by atoms with Gasteiger partial charge in [-0.1, -0.05) is 18.2 Å². The summed E-state index contributed by atoms with van der Waals surface area (Å²) < 4.78 is 28.2. The molecule has 1 aliphatic heterocycles. The van der Waals surface area contributed by atoms with Gasteiger partial charge in [-0.3, -0.25) is 0 Å². The zero-order chi connectivity index (χ0) is 19.8. The van der Waals surface area contributed by atoms with Gasteiger partial charge >= 0.3 is 0 Å². The summed E-state index contributed by atoms with van der Waals surface area (Å²) in [6, 6.07) is 12.2. The first kappa shape index (κ1) is 17.7. The van der Waals surface area contributed by atoms with Crippen molar-refractivity contribution in [2.75, 3.05) is 17.8 Å². The zero-order valence-electron chi connectivity index (χ0n) is 14.8. The minimum atomic E-state index is -1.01. The van der Waals surface area contributed by atoms with E-state index in [1.165, 1.54) is 22.3 Å². The maximum absolute atomic E-state index is 14.4. The summed E-state index contributed by atoms with van der Waals surface area (Å²) in [7, 11) is 1.61. The number of halogens is 2. The van der Waals surface area contributed by atoms with E-state index in [4.69, 9.17) is 5.73 Å². The highest BCUT2D eigenvalue weighted by molar-refractivity contribution is 6.13. The molecule has 0 bridgehead atoms.